The first kappa shape index (κ1) is 22.9. The summed E-state index contributed by atoms with van der Waals surface area (Å²) in [5.74, 6) is -2.07. The van der Waals surface area contributed by atoms with Crippen molar-refractivity contribution < 1.29 is 31.9 Å². The number of alkyl carbamates (subject to hydrolysis) is 1. The number of nitrogens with one attached hydrogen (secondary N) is 3. The number of ether oxygens (including phenoxy) is 1. The molecule has 1 aromatic heterocycles. The molecule has 1 heterocycles. The molecule has 0 atom stereocenters. The zero-order valence-corrected chi connectivity index (χ0v) is 18.1. The minimum atomic E-state index is -4.10. The van der Waals surface area contributed by atoms with Crippen molar-refractivity contribution in [2.75, 3.05) is 17.1 Å². The van der Waals surface area contributed by atoms with Crippen molar-refractivity contribution in [3.8, 4) is 0 Å². The van der Waals surface area contributed by atoms with E-state index in [1.54, 1.807) is 0 Å². The van der Waals surface area contributed by atoms with Crippen molar-refractivity contribution in [3.05, 3.63) is 76.9 Å². The molecule has 0 bridgehead atoms. The second-order valence-electron chi connectivity index (χ2n) is 6.17. The van der Waals surface area contributed by atoms with Crippen LogP contribution in [0.25, 0.3) is 0 Å². The van der Waals surface area contributed by atoms with E-state index in [2.05, 4.69) is 14.8 Å². The van der Waals surface area contributed by atoms with Crippen LogP contribution < -0.4 is 15.4 Å². The number of para-hydroxylation sites is 1. The summed E-state index contributed by atoms with van der Waals surface area (Å²) in [6.07, 6.45) is -0.959. The van der Waals surface area contributed by atoms with Crippen LogP contribution in [0.4, 0.5) is 19.9 Å². The lowest BCUT2D eigenvalue weighted by atomic mass is 10.1. The highest BCUT2D eigenvalue weighted by Crippen LogP contribution is 2.26. The van der Waals surface area contributed by atoms with Crippen LogP contribution >= 0.6 is 11.3 Å². The molecule has 0 aliphatic rings. The first-order valence-corrected chi connectivity index (χ1v) is 11.2. The number of benzene rings is 2. The molecule has 3 N–H and O–H groups in total. The first-order valence-electron chi connectivity index (χ1n) is 8.87. The summed E-state index contributed by atoms with van der Waals surface area (Å²) in [5, 5.41) is 6.20. The number of methoxy groups -OCH3 is 1. The summed E-state index contributed by atoms with van der Waals surface area (Å²) < 4.78 is 45.0. The first-order chi connectivity index (χ1) is 15.2. The molecule has 3 amide bonds. The van der Waals surface area contributed by atoms with Crippen molar-refractivity contribution in [2.45, 2.75) is 4.90 Å². The molecule has 2 aromatic carbocycles. The topological polar surface area (TPSA) is 131 Å². The third-order valence-electron chi connectivity index (χ3n) is 4.08. The van der Waals surface area contributed by atoms with E-state index >= 15 is 0 Å². The Kier molecular flexibility index (Phi) is 6.85. The lowest BCUT2D eigenvalue weighted by molar-refractivity contribution is 0.0938. The molecule has 0 spiro atoms. The van der Waals surface area contributed by atoms with Gasteiger partial charge < -0.3 is 10.1 Å². The van der Waals surface area contributed by atoms with Gasteiger partial charge in [-0.1, -0.05) is 12.1 Å². The molecule has 0 saturated heterocycles. The van der Waals surface area contributed by atoms with Gasteiger partial charge in [-0.05, 0) is 47.8 Å². The molecular weight excluding hydrogens is 461 g/mol. The Balaban J connectivity index is 1.83. The number of amides is 3. The number of sulfonamides is 1. The molecule has 0 unspecified atom stereocenters. The zero-order valence-electron chi connectivity index (χ0n) is 16.4. The number of thiophene rings is 1. The molecule has 32 heavy (non-hydrogen) atoms. The molecule has 0 aliphatic heterocycles. The van der Waals surface area contributed by atoms with E-state index in [9.17, 15) is 27.2 Å². The number of anilines is 2. The fourth-order valence-corrected chi connectivity index (χ4v) is 4.41. The molecule has 166 valence electrons. The monoisotopic (exact) mass is 477 g/mol. The molecule has 0 aliphatic carbocycles. The van der Waals surface area contributed by atoms with E-state index in [1.807, 2.05) is 5.32 Å². The number of carbonyl (C=O) groups excluding carboxylic acids is 3. The van der Waals surface area contributed by atoms with Gasteiger partial charge in [0.15, 0.2) is 0 Å². The minimum Gasteiger partial charge on any atom is -0.453 e. The highest BCUT2D eigenvalue weighted by atomic mass is 32.2. The van der Waals surface area contributed by atoms with Crippen LogP contribution in [0.15, 0.2) is 64.9 Å². The van der Waals surface area contributed by atoms with Crippen molar-refractivity contribution in [2.24, 2.45) is 0 Å². The highest BCUT2D eigenvalue weighted by molar-refractivity contribution is 7.92. The standard InChI is InChI=1S/C20H16FN3O6S2/c1-30-20(27)23-18(26)15-10-11-31-19(15)22-17(25)14-4-2-3-5-16(14)24-32(28,29)13-8-6-12(21)7-9-13/h2-11,24H,1H3,(H,22,25)(H,23,26,27). The van der Waals surface area contributed by atoms with Crippen LogP contribution in [0.5, 0.6) is 0 Å². The van der Waals surface area contributed by atoms with Crippen LogP contribution in [-0.4, -0.2) is 33.4 Å². The number of rotatable bonds is 6. The normalized spacial score (nSPS) is 10.8. The number of hydrogen-bond donors (Lipinski definition) is 3. The number of imide groups is 1. The lowest BCUT2D eigenvalue weighted by Gasteiger charge is -2.13. The van der Waals surface area contributed by atoms with Crippen LogP contribution in [-0.2, 0) is 14.8 Å². The van der Waals surface area contributed by atoms with Gasteiger partial charge in [-0.3, -0.25) is 19.6 Å². The van der Waals surface area contributed by atoms with Gasteiger partial charge in [-0.2, -0.15) is 0 Å². The fraction of sp³-hybridized carbons (Fsp3) is 0.0500. The van der Waals surface area contributed by atoms with Gasteiger partial charge in [0.25, 0.3) is 21.8 Å². The third kappa shape index (κ3) is 5.28. The average Bonchev–Trinajstić information content (AvgIpc) is 3.22. The van der Waals surface area contributed by atoms with Gasteiger partial charge in [-0.15, -0.1) is 11.3 Å². The maximum absolute atomic E-state index is 13.1. The Labute approximate surface area is 186 Å². The smallest absolute Gasteiger partial charge is 0.413 e. The summed E-state index contributed by atoms with van der Waals surface area (Å²) in [7, 11) is -3.00. The SMILES string of the molecule is COC(=O)NC(=O)c1ccsc1NC(=O)c1ccccc1NS(=O)(=O)c1ccc(F)cc1. The summed E-state index contributed by atoms with van der Waals surface area (Å²) in [6, 6.07) is 11.4. The molecule has 9 nitrogen and oxygen atoms in total. The van der Waals surface area contributed by atoms with Crippen molar-refractivity contribution in [1.82, 2.24) is 5.32 Å². The Hall–Kier alpha value is -3.77. The number of carbonyl (C=O) groups is 3. The molecule has 0 fully saturated rings. The lowest BCUT2D eigenvalue weighted by Crippen LogP contribution is -2.30. The Morgan fingerprint density at radius 3 is 2.31 bits per heavy atom. The minimum absolute atomic E-state index is 0.0218. The number of hydrogen-bond acceptors (Lipinski definition) is 7. The van der Waals surface area contributed by atoms with E-state index in [1.165, 1.54) is 35.7 Å². The van der Waals surface area contributed by atoms with E-state index in [4.69, 9.17) is 0 Å². The number of halogens is 1. The van der Waals surface area contributed by atoms with E-state index < -0.39 is 33.7 Å². The Morgan fingerprint density at radius 1 is 0.938 bits per heavy atom. The molecule has 0 radical (unpaired) electrons. The maximum Gasteiger partial charge on any atom is 0.413 e. The summed E-state index contributed by atoms with van der Waals surface area (Å²) >= 11 is 1.03. The third-order valence-corrected chi connectivity index (χ3v) is 6.29. The summed E-state index contributed by atoms with van der Waals surface area (Å²) in [6.45, 7) is 0. The summed E-state index contributed by atoms with van der Waals surface area (Å²) in [4.78, 5) is 36.1. The molecular formula is C20H16FN3O6S2. The van der Waals surface area contributed by atoms with Gasteiger partial charge in [0, 0.05) is 0 Å². The van der Waals surface area contributed by atoms with Gasteiger partial charge in [0.05, 0.1) is 28.8 Å². The van der Waals surface area contributed by atoms with Crippen molar-refractivity contribution in [1.29, 1.82) is 0 Å². The van der Waals surface area contributed by atoms with Crippen molar-refractivity contribution >= 4 is 50.0 Å². The Morgan fingerprint density at radius 2 is 1.62 bits per heavy atom. The Bertz CT molecular complexity index is 1270. The predicted octanol–water partition coefficient (Wildman–Crippen LogP) is 3.44. The summed E-state index contributed by atoms with van der Waals surface area (Å²) in [5.41, 5.74) is -0.0181. The van der Waals surface area contributed by atoms with Crippen LogP contribution in [0, 0.1) is 5.82 Å². The highest BCUT2D eigenvalue weighted by Gasteiger charge is 2.21. The van der Waals surface area contributed by atoms with E-state index in [0.717, 1.165) is 42.7 Å². The largest absolute Gasteiger partial charge is 0.453 e. The van der Waals surface area contributed by atoms with Gasteiger partial charge in [-0.25, -0.2) is 17.6 Å². The van der Waals surface area contributed by atoms with Crippen LogP contribution in [0.2, 0.25) is 0 Å². The quantitative estimate of drug-likeness (QED) is 0.499. The van der Waals surface area contributed by atoms with E-state index in [0.29, 0.717) is 0 Å². The molecule has 3 aromatic rings. The average molecular weight is 477 g/mol. The molecule has 0 saturated carbocycles. The van der Waals surface area contributed by atoms with E-state index in [-0.39, 0.29) is 26.7 Å². The maximum atomic E-state index is 13.1. The second-order valence-corrected chi connectivity index (χ2v) is 8.77. The van der Waals surface area contributed by atoms with Gasteiger partial charge >= 0.3 is 6.09 Å². The fourth-order valence-electron chi connectivity index (χ4n) is 2.55. The molecule has 3 rings (SSSR count). The molecule has 12 heteroatoms. The second kappa shape index (κ2) is 9.58. The predicted molar refractivity (Wildman–Crippen MR) is 116 cm³/mol. The van der Waals surface area contributed by atoms with Crippen LogP contribution in [0.3, 0.4) is 0 Å². The zero-order chi connectivity index (χ0) is 23.3. The van der Waals surface area contributed by atoms with Gasteiger partial charge in [0.1, 0.15) is 10.8 Å². The van der Waals surface area contributed by atoms with Crippen LogP contribution in [0.1, 0.15) is 20.7 Å². The van der Waals surface area contributed by atoms with Crippen molar-refractivity contribution in [3.63, 3.8) is 0 Å². The van der Waals surface area contributed by atoms with Gasteiger partial charge in [0.2, 0.25) is 0 Å².